The molecule has 1 aromatic heterocycles. The number of hydrogen-bond acceptors (Lipinski definition) is 5. The fourth-order valence-corrected chi connectivity index (χ4v) is 1.84. The van der Waals surface area contributed by atoms with Crippen LogP contribution in [0.15, 0.2) is 23.4 Å². The number of rotatable bonds is 4. The number of carboxylic acids is 1. The first kappa shape index (κ1) is 12.2. The highest BCUT2D eigenvalue weighted by atomic mass is 32.2. The molecule has 1 atom stereocenters. The monoisotopic (exact) mass is 236 g/mol. The highest BCUT2D eigenvalue weighted by molar-refractivity contribution is 8.01. The minimum Gasteiger partial charge on any atom is -0.480 e. The van der Waals surface area contributed by atoms with Gasteiger partial charge in [-0.2, -0.15) is 5.26 Å². The Morgan fingerprint density at radius 1 is 1.62 bits per heavy atom. The zero-order valence-electron chi connectivity index (χ0n) is 8.38. The summed E-state index contributed by atoms with van der Waals surface area (Å²) in [6, 6.07) is 4.99. The van der Waals surface area contributed by atoms with Crippen molar-refractivity contribution in [3.8, 4) is 6.07 Å². The molecule has 6 heteroatoms. The molecule has 0 saturated carbocycles. The van der Waals surface area contributed by atoms with E-state index < -0.39 is 17.0 Å². The molecule has 0 aliphatic carbocycles. The molecule has 1 N–H and O–H groups in total. The molecule has 0 amide bonds. The number of hydrogen-bond donors (Lipinski definition) is 1. The van der Waals surface area contributed by atoms with E-state index in [9.17, 15) is 9.59 Å². The molecule has 0 aromatic carbocycles. The maximum Gasteiger partial charge on any atom is 0.324 e. The number of aliphatic carboxylic acids is 1. The van der Waals surface area contributed by atoms with Crippen LogP contribution in [-0.2, 0) is 9.59 Å². The minimum absolute atomic E-state index is 0.257. The third kappa shape index (κ3) is 2.81. The van der Waals surface area contributed by atoms with Crippen LogP contribution in [0.4, 0.5) is 0 Å². The van der Waals surface area contributed by atoms with Gasteiger partial charge in [0.15, 0.2) is 11.0 Å². The number of nitriles is 1. The quantitative estimate of drug-likeness (QED) is 0.621. The molecular weight excluding hydrogens is 228 g/mol. The van der Waals surface area contributed by atoms with Gasteiger partial charge in [-0.25, -0.2) is 4.98 Å². The lowest BCUT2D eigenvalue weighted by Gasteiger charge is -2.08. The Hall–Kier alpha value is -1.87. The average Bonchev–Trinajstić information content (AvgIpc) is 2.25. The van der Waals surface area contributed by atoms with Crippen LogP contribution in [0.25, 0.3) is 0 Å². The predicted octanol–water partition coefficient (Wildman–Crippen LogP) is 1.09. The van der Waals surface area contributed by atoms with Gasteiger partial charge in [0.1, 0.15) is 11.1 Å². The molecule has 16 heavy (non-hydrogen) atoms. The standard InChI is InChI=1S/C10H8N2O3S/c1-6(13)8(10(14)15)16-9-7(5-11)3-2-4-12-9/h2-4,8H,1H3,(H,14,15). The number of aromatic nitrogens is 1. The first-order chi connectivity index (χ1) is 7.56. The van der Waals surface area contributed by atoms with E-state index in [4.69, 9.17) is 10.4 Å². The molecule has 0 aliphatic rings. The SMILES string of the molecule is CC(=O)C(Sc1ncccc1C#N)C(=O)O. The Morgan fingerprint density at radius 3 is 2.81 bits per heavy atom. The van der Waals surface area contributed by atoms with E-state index >= 15 is 0 Å². The molecule has 0 spiro atoms. The van der Waals surface area contributed by atoms with E-state index in [0.717, 1.165) is 11.8 Å². The van der Waals surface area contributed by atoms with Gasteiger partial charge in [0, 0.05) is 6.20 Å². The number of carboxylic acid groups (broad SMARTS) is 1. The smallest absolute Gasteiger partial charge is 0.324 e. The molecule has 1 rings (SSSR count). The highest BCUT2D eigenvalue weighted by Gasteiger charge is 2.25. The zero-order valence-corrected chi connectivity index (χ0v) is 9.19. The number of thioether (sulfide) groups is 1. The average molecular weight is 236 g/mol. The Balaban J connectivity index is 2.99. The van der Waals surface area contributed by atoms with Crippen molar-refractivity contribution < 1.29 is 14.7 Å². The minimum atomic E-state index is -1.23. The molecule has 82 valence electrons. The van der Waals surface area contributed by atoms with Crippen LogP contribution < -0.4 is 0 Å². The van der Waals surface area contributed by atoms with Crippen molar-refractivity contribution in [1.82, 2.24) is 4.98 Å². The first-order valence-corrected chi connectivity index (χ1v) is 5.19. The van der Waals surface area contributed by atoms with Gasteiger partial charge < -0.3 is 5.11 Å². The molecule has 0 radical (unpaired) electrons. The Morgan fingerprint density at radius 2 is 2.31 bits per heavy atom. The van der Waals surface area contributed by atoms with Crippen LogP contribution in [0.5, 0.6) is 0 Å². The molecule has 1 aromatic rings. The first-order valence-electron chi connectivity index (χ1n) is 4.31. The Bertz CT molecular complexity index is 453. The van der Waals surface area contributed by atoms with E-state index in [0.29, 0.717) is 0 Å². The maximum atomic E-state index is 11.1. The second-order valence-electron chi connectivity index (χ2n) is 2.91. The summed E-state index contributed by atoms with van der Waals surface area (Å²) < 4.78 is 0. The topological polar surface area (TPSA) is 91.0 Å². The van der Waals surface area contributed by atoms with Crippen molar-refractivity contribution in [2.24, 2.45) is 0 Å². The number of carbonyl (C=O) groups is 2. The molecule has 1 heterocycles. The van der Waals surface area contributed by atoms with Gasteiger partial charge in [0.05, 0.1) is 5.56 Å². The van der Waals surface area contributed by atoms with Crippen LogP contribution in [0, 0.1) is 11.3 Å². The largest absolute Gasteiger partial charge is 0.480 e. The van der Waals surface area contributed by atoms with Crippen molar-refractivity contribution >= 4 is 23.5 Å². The van der Waals surface area contributed by atoms with Crippen molar-refractivity contribution in [3.05, 3.63) is 23.9 Å². The van der Waals surface area contributed by atoms with Crippen LogP contribution >= 0.6 is 11.8 Å². The Kier molecular flexibility index (Phi) is 4.03. The fourth-order valence-electron chi connectivity index (χ4n) is 0.989. The summed E-state index contributed by atoms with van der Waals surface area (Å²) in [7, 11) is 0. The predicted molar refractivity (Wildman–Crippen MR) is 56.9 cm³/mol. The van der Waals surface area contributed by atoms with Crippen LogP contribution in [0.3, 0.4) is 0 Å². The van der Waals surface area contributed by atoms with Crippen molar-refractivity contribution in [3.63, 3.8) is 0 Å². The van der Waals surface area contributed by atoms with E-state index in [2.05, 4.69) is 4.98 Å². The molecule has 0 fully saturated rings. The van der Waals surface area contributed by atoms with Gasteiger partial charge in [-0.3, -0.25) is 9.59 Å². The van der Waals surface area contributed by atoms with Crippen LogP contribution in [0.2, 0.25) is 0 Å². The van der Waals surface area contributed by atoms with Crippen molar-refractivity contribution in [2.75, 3.05) is 0 Å². The van der Waals surface area contributed by atoms with E-state index in [1.54, 1.807) is 6.07 Å². The summed E-state index contributed by atoms with van der Waals surface area (Å²) in [5.41, 5.74) is 0.264. The molecule has 0 bridgehead atoms. The lowest BCUT2D eigenvalue weighted by molar-refractivity contribution is -0.138. The van der Waals surface area contributed by atoms with Crippen LogP contribution in [-0.4, -0.2) is 27.1 Å². The number of pyridine rings is 1. The Labute approximate surface area is 96.1 Å². The molecular formula is C10H8N2O3S. The summed E-state index contributed by atoms with van der Waals surface area (Å²) in [4.78, 5) is 25.7. The van der Waals surface area contributed by atoms with Gasteiger partial charge in [0.25, 0.3) is 0 Å². The van der Waals surface area contributed by atoms with Gasteiger partial charge in [-0.05, 0) is 19.1 Å². The second kappa shape index (κ2) is 5.28. The fraction of sp³-hybridized carbons (Fsp3) is 0.200. The number of carbonyl (C=O) groups excluding carboxylic acids is 1. The van der Waals surface area contributed by atoms with Crippen LogP contribution in [0.1, 0.15) is 12.5 Å². The number of ketones is 1. The summed E-state index contributed by atoms with van der Waals surface area (Å²) in [5.74, 6) is -1.71. The van der Waals surface area contributed by atoms with Gasteiger partial charge in [-0.15, -0.1) is 0 Å². The van der Waals surface area contributed by atoms with Crippen molar-refractivity contribution in [1.29, 1.82) is 5.26 Å². The second-order valence-corrected chi connectivity index (χ2v) is 4.01. The zero-order chi connectivity index (χ0) is 12.1. The summed E-state index contributed by atoms with van der Waals surface area (Å²) in [6.07, 6.45) is 1.45. The van der Waals surface area contributed by atoms with Gasteiger partial charge in [-0.1, -0.05) is 11.8 Å². The highest BCUT2D eigenvalue weighted by Crippen LogP contribution is 2.24. The normalized spacial score (nSPS) is 11.5. The third-order valence-corrected chi connectivity index (χ3v) is 3.03. The summed E-state index contributed by atoms with van der Waals surface area (Å²) in [6.45, 7) is 1.20. The van der Waals surface area contributed by atoms with E-state index in [1.165, 1.54) is 19.2 Å². The van der Waals surface area contributed by atoms with E-state index in [-0.39, 0.29) is 10.6 Å². The molecule has 5 nitrogen and oxygen atoms in total. The third-order valence-electron chi connectivity index (χ3n) is 1.71. The lowest BCUT2D eigenvalue weighted by Crippen LogP contribution is -2.24. The van der Waals surface area contributed by atoms with E-state index in [1.807, 2.05) is 6.07 Å². The molecule has 0 aliphatic heterocycles. The number of nitrogens with zero attached hydrogens (tertiary/aromatic N) is 2. The maximum absolute atomic E-state index is 11.1. The number of Topliss-reactive ketones (excluding diaryl/α,β-unsaturated/α-hetero) is 1. The summed E-state index contributed by atoms with van der Waals surface area (Å²) >= 11 is 0.773. The molecule has 0 saturated heterocycles. The summed E-state index contributed by atoms with van der Waals surface area (Å²) in [5, 5.41) is 16.6. The van der Waals surface area contributed by atoms with Gasteiger partial charge in [0.2, 0.25) is 0 Å². The molecule has 1 unspecified atom stereocenters. The van der Waals surface area contributed by atoms with Gasteiger partial charge >= 0.3 is 5.97 Å². The van der Waals surface area contributed by atoms with Crippen molar-refractivity contribution in [2.45, 2.75) is 17.2 Å². The lowest BCUT2D eigenvalue weighted by atomic mass is 10.3.